The standard InChI is InChI=1S/C27H23FN2/c1-18(2)26-23(17-29)24(20-13-15-22(28)16-14-20)25(19-9-5-3-6-10-19)27(30-26)21-11-7-4-8-12-21/h3-16,18,24,30H,1-2H3. The summed E-state index contributed by atoms with van der Waals surface area (Å²) < 4.78 is 13.7. The first kappa shape index (κ1) is 19.7. The molecular formula is C27H23FN2. The maximum atomic E-state index is 13.7. The molecule has 0 aromatic heterocycles. The van der Waals surface area contributed by atoms with E-state index in [0.29, 0.717) is 5.57 Å². The quantitative estimate of drug-likeness (QED) is 0.547. The van der Waals surface area contributed by atoms with E-state index in [4.69, 9.17) is 0 Å². The van der Waals surface area contributed by atoms with Crippen LogP contribution < -0.4 is 5.32 Å². The average molecular weight is 394 g/mol. The minimum Gasteiger partial charge on any atom is -0.357 e. The SMILES string of the molecule is CC(C)C1=C(C#N)C(c2ccc(F)cc2)C(c2ccccc2)=C(c2ccccc2)N1. The molecule has 1 N–H and O–H groups in total. The predicted molar refractivity (Wildman–Crippen MR) is 119 cm³/mol. The van der Waals surface area contributed by atoms with Crippen LogP contribution in [0.15, 0.2) is 96.2 Å². The van der Waals surface area contributed by atoms with Gasteiger partial charge in [-0.3, -0.25) is 0 Å². The topological polar surface area (TPSA) is 35.8 Å². The van der Waals surface area contributed by atoms with Gasteiger partial charge in [-0.05, 0) is 40.3 Å². The summed E-state index contributed by atoms with van der Waals surface area (Å²) in [5.74, 6) is -0.432. The molecule has 0 spiro atoms. The molecule has 1 heterocycles. The van der Waals surface area contributed by atoms with Crippen LogP contribution in [-0.2, 0) is 0 Å². The molecule has 0 fully saturated rings. The first-order valence-corrected chi connectivity index (χ1v) is 10.1. The fourth-order valence-electron chi connectivity index (χ4n) is 4.04. The van der Waals surface area contributed by atoms with E-state index in [-0.39, 0.29) is 17.7 Å². The van der Waals surface area contributed by atoms with Crippen LogP contribution in [0.3, 0.4) is 0 Å². The summed E-state index contributed by atoms with van der Waals surface area (Å²) in [6.45, 7) is 4.16. The second-order valence-corrected chi connectivity index (χ2v) is 7.72. The number of halogens is 1. The van der Waals surface area contributed by atoms with Crippen molar-refractivity contribution in [3.05, 3.63) is 119 Å². The van der Waals surface area contributed by atoms with Crippen molar-refractivity contribution in [3.63, 3.8) is 0 Å². The first-order chi connectivity index (χ1) is 14.6. The number of nitrogens with zero attached hydrogens (tertiary/aromatic N) is 1. The van der Waals surface area contributed by atoms with Gasteiger partial charge in [0.15, 0.2) is 0 Å². The zero-order valence-corrected chi connectivity index (χ0v) is 17.1. The third-order valence-electron chi connectivity index (χ3n) is 5.44. The van der Waals surface area contributed by atoms with Crippen LogP contribution in [-0.4, -0.2) is 0 Å². The van der Waals surface area contributed by atoms with Crippen LogP contribution in [0.5, 0.6) is 0 Å². The van der Waals surface area contributed by atoms with Gasteiger partial charge in [0.25, 0.3) is 0 Å². The van der Waals surface area contributed by atoms with Gasteiger partial charge in [0.2, 0.25) is 0 Å². The lowest BCUT2D eigenvalue weighted by atomic mass is 9.75. The molecule has 0 bridgehead atoms. The van der Waals surface area contributed by atoms with Gasteiger partial charge in [-0.25, -0.2) is 4.39 Å². The number of allylic oxidation sites excluding steroid dienone is 3. The summed E-state index contributed by atoms with van der Waals surface area (Å²) in [6, 6.07) is 29.2. The monoisotopic (exact) mass is 394 g/mol. The fraction of sp³-hybridized carbons (Fsp3) is 0.148. The van der Waals surface area contributed by atoms with Crippen LogP contribution in [0, 0.1) is 23.1 Å². The number of hydrogen-bond donors (Lipinski definition) is 1. The second kappa shape index (κ2) is 8.39. The summed E-state index contributed by atoms with van der Waals surface area (Å²) in [4.78, 5) is 0. The molecule has 148 valence electrons. The summed E-state index contributed by atoms with van der Waals surface area (Å²) >= 11 is 0. The Kier molecular flexibility index (Phi) is 5.50. The third kappa shape index (κ3) is 3.65. The molecule has 30 heavy (non-hydrogen) atoms. The Morgan fingerprint density at radius 2 is 1.40 bits per heavy atom. The van der Waals surface area contributed by atoms with Crippen molar-refractivity contribution in [2.45, 2.75) is 19.8 Å². The lowest BCUT2D eigenvalue weighted by Crippen LogP contribution is -2.27. The second-order valence-electron chi connectivity index (χ2n) is 7.72. The fourth-order valence-corrected chi connectivity index (χ4v) is 4.04. The molecule has 3 aromatic rings. The third-order valence-corrected chi connectivity index (χ3v) is 5.44. The molecule has 0 aliphatic carbocycles. The number of rotatable bonds is 4. The molecule has 4 rings (SSSR count). The van der Waals surface area contributed by atoms with E-state index in [1.807, 2.05) is 36.4 Å². The van der Waals surface area contributed by atoms with Crippen LogP contribution >= 0.6 is 0 Å². The number of dihydropyridines is 1. The summed E-state index contributed by atoms with van der Waals surface area (Å²) in [5.41, 5.74) is 6.58. The van der Waals surface area contributed by atoms with Gasteiger partial charge in [-0.1, -0.05) is 86.6 Å². The molecule has 0 amide bonds. The molecule has 0 saturated carbocycles. The van der Waals surface area contributed by atoms with E-state index < -0.39 is 0 Å². The Labute approximate surface area is 177 Å². The summed E-state index contributed by atoms with van der Waals surface area (Å²) in [6.07, 6.45) is 0. The zero-order valence-electron chi connectivity index (χ0n) is 17.1. The molecule has 0 radical (unpaired) electrons. The molecule has 1 unspecified atom stereocenters. The van der Waals surface area contributed by atoms with Crippen molar-refractivity contribution in [1.82, 2.24) is 5.32 Å². The van der Waals surface area contributed by atoms with E-state index in [1.165, 1.54) is 12.1 Å². The highest BCUT2D eigenvalue weighted by Gasteiger charge is 2.33. The van der Waals surface area contributed by atoms with E-state index in [0.717, 1.165) is 33.7 Å². The van der Waals surface area contributed by atoms with Crippen LogP contribution in [0.25, 0.3) is 11.3 Å². The molecule has 3 heteroatoms. The lowest BCUT2D eigenvalue weighted by Gasteiger charge is -2.34. The highest BCUT2D eigenvalue weighted by molar-refractivity contribution is 5.97. The molecule has 0 saturated heterocycles. The molecule has 1 atom stereocenters. The Balaban J connectivity index is 2.05. The Morgan fingerprint density at radius 3 is 1.93 bits per heavy atom. The minimum atomic E-state index is -0.285. The molecular weight excluding hydrogens is 371 g/mol. The van der Waals surface area contributed by atoms with E-state index >= 15 is 0 Å². The summed E-state index contributed by atoms with van der Waals surface area (Å²) in [5, 5.41) is 13.8. The number of hydrogen-bond acceptors (Lipinski definition) is 2. The lowest BCUT2D eigenvalue weighted by molar-refractivity contribution is 0.626. The van der Waals surface area contributed by atoms with Gasteiger partial charge in [-0.2, -0.15) is 5.26 Å². The van der Waals surface area contributed by atoms with E-state index in [1.54, 1.807) is 12.1 Å². The zero-order chi connectivity index (χ0) is 21.1. The van der Waals surface area contributed by atoms with Crippen molar-refractivity contribution >= 4 is 11.3 Å². The molecule has 1 aliphatic heterocycles. The van der Waals surface area contributed by atoms with Gasteiger partial charge in [0.1, 0.15) is 5.82 Å². The van der Waals surface area contributed by atoms with Crippen LogP contribution in [0.2, 0.25) is 0 Å². The minimum absolute atomic E-state index is 0.138. The average Bonchev–Trinajstić information content (AvgIpc) is 2.79. The Bertz CT molecular complexity index is 1130. The normalized spacial score (nSPS) is 16.4. The Hall–Kier alpha value is -3.64. The van der Waals surface area contributed by atoms with Crippen molar-refractivity contribution in [2.24, 2.45) is 5.92 Å². The van der Waals surface area contributed by atoms with Crippen molar-refractivity contribution < 1.29 is 4.39 Å². The highest BCUT2D eigenvalue weighted by atomic mass is 19.1. The van der Waals surface area contributed by atoms with Crippen molar-refractivity contribution in [2.75, 3.05) is 0 Å². The van der Waals surface area contributed by atoms with Gasteiger partial charge in [0.05, 0.1) is 17.3 Å². The maximum Gasteiger partial charge on any atom is 0.123 e. The predicted octanol–water partition coefficient (Wildman–Crippen LogP) is 6.51. The van der Waals surface area contributed by atoms with Crippen molar-refractivity contribution in [1.29, 1.82) is 5.26 Å². The van der Waals surface area contributed by atoms with Gasteiger partial charge in [0, 0.05) is 11.6 Å². The number of nitriles is 1. The summed E-state index contributed by atoms with van der Waals surface area (Å²) in [7, 11) is 0. The molecule has 2 nitrogen and oxygen atoms in total. The van der Waals surface area contributed by atoms with E-state index in [2.05, 4.69) is 49.5 Å². The maximum absolute atomic E-state index is 13.7. The van der Waals surface area contributed by atoms with Gasteiger partial charge >= 0.3 is 0 Å². The molecule has 3 aromatic carbocycles. The first-order valence-electron chi connectivity index (χ1n) is 10.1. The van der Waals surface area contributed by atoms with Crippen molar-refractivity contribution in [3.8, 4) is 6.07 Å². The van der Waals surface area contributed by atoms with E-state index in [9.17, 15) is 9.65 Å². The largest absolute Gasteiger partial charge is 0.357 e. The Morgan fingerprint density at radius 1 is 0.833 bits per heavy atom. The van der Waals surface area contributed by atoms with Gasteiger partial charge < -0.3 is 5.32 Å². The number of nitrogens with one attached hydrogen (secondary N) is 1. The van der Waals surface area contributed by atoms with Crippen LogP contribution in [0.1, 0.15) is 36.5 Å². The highest BCUT2D eigenvalue weighted by Crippen LogP contribution is 2.46. The molecule has 1 aliphatic rings. The smallest absolute Gasteiger partial charge is 0.123 e. The van der Waals surface area contributed by atoms with Gasteiger partial charge in [-0.15, -0.1) is 0 Å². The number of benzene rings is 3. The van der Waals surface area contributed by atoms with Crippen LogP contribution in [0.4, 0.5) is 4.39 Å².